The van der Waals surface area contributed by atoms with Crippen LogP contribution in [0.15, 0.2) is 11.5 Å². The van der Waals surface area contributed by atoms with Crippen molar-refractivity contribution < 1.29 is 47.9 Å². The zero-order valence-electron chi connectivity index (χ0n) is 13.3. The van der Waals surface area contributed by atoms with E-state index in [0.29, 0.717) is 0 Å². The molecule has 0 aromatic carbocycles. The van der Waals surface area contributed by atoms with Crippen molar-refractivity contribution in [3.8, 4) is 0 Å². The van der Waals surface area contributed by atoms with E-state index >= 15 is 0 Å². The van der Waals surface area contributed by atoms with Crippen molar-refractivity contribution >= 4 is 16.0 Å². The first-order chi connectivity index (χ1) is 9.48. The summed E-state index contributed by atoms with van der Waals surface area (Å²) in [6, 6.07) is 0. The fourth-order valence-electron chi connectivity index (χ4n) is 1.76. The second-order valence-corrected chi connectivity index (χ2v) is 6.49. The normalized spacial score (nSPS) is 11.5. The maximum absolute atomic E-state index is 11.4. The molecular weight excluding hydrogens is 301 g/mol. The smallest absolute Gasteiger partial charge is 0.550 e. The second kappa shape index (κ2) is 15.0. The number of unbranched alkanes of at least 4 members (excludes halogenated alkanes) is 7. The van der Waals surface area contributed by atoms with Crippen molar-refractivity contribution in [1.82, 2.24) is 4.72 Å². The third-order valence-electron chi connectivity index (χ3n) is 2.88. The predicted octanol–water partition coefficient (Wildman–Crippen LogP) is -1.30. The van der Waals surface area contributed by atoms with Gasteiger partial charge in [-0.2, -0.15) is 0 Å². The summed E-state index contributed by atoms with van der Waals surface area (Å²) in [6.45, 7) is 2.05. The number of carboxylic acids is 1. The minimum atomic E-state index is -3.50. The number of nitrogens with one attached hydrogen (secondary N) is 1. The van der Waals surface area contributed by atoms with Gasteiger partial charge in [0.2, 0.25) is 10.0 Å². The number of carboxylic acid groups (broad SMARTS) is 1. The van der Waals surface area contributed by atoms with Crippen LogP contribution in [0.25, 0.3) is 0 Å². The van der Waals surface area contributed by atoms with Crippen LogP contribution in [0.3, 0.4) is 0 Å². The summed E-state index contributed by atoms with van der Waals surface area (Å²) in [6.07, 6.45) is 10.4. The molecule has 0 spiro atoms. The Morgan fingerprint density at radius 1 is 1.10 bits per heavy atom. The molecule has 7 heteroatoms. The van der Waals surface area contributed by atoms with Crippen molar-refractivity contribution in [3.63, 3.8) is 0 Å². The van der Waals surface area contributed by atoms with E-state index in [1.807, 2.05) is 0 Å². The van der Waals surface area contributed by atoms with E-state index in [2.05, 4.69) is 11.6 Å². The molecule has 0 rings (SSSR count). The molecule has 21 heavy (non-hydrogen) atoms. The average Bonchev–Trinajstić information content (AvgIpc) is 2.36. The molecule has 0 amide bonds. The second-order valence-electron chi connectivity index (χ2n) is 4.84. The van der Waals surface area contributed by atoms with Gasteiger partial charge in [-0.1, -0.05) is 51.5 Å². The molecule has 0 radical (unpaired) electrons. The number of rotatable bonds is 13. The summed E-state index contributed by atoms with van der Waals surface area (Å²) in [5.41, 5.74) is 0. The quantitative estimate of drug-likeness (QED) is 0.337. The summed E-state index contributed by atoms with van der Waals surface area (Å²) in [5.74, 6) is -1.26. The van der Waals surface area contributed by atoms with Crippen LogP contribution in [0, 0.1) is 0 Å². The fourth-order valence-corrected chi connectivity index (χ4v) is 2.63. The Labute approximate surface area is 150 Å². The number of hydrogen-bond acceptors (Lipinski definition) is 4. The number of aliphatic carboxylic acids is 1. The minimum absolute atomic E-state index is 0. The van der Waals surface area contributed by atoms with Gasteiger partial charge < -0.3 is 9.90 Å². The molecule has 0 heterocycles. The van der Waals surface area contributed by atoms with Gasteiger partial charge in [-0.05, 0) is 12.8 Å². The van der Waals surface area contributed by atoms with Crippen LogP contribution in [-0.4, -0.2) is 20.9 Å². The molecule has 118 valence electrons. The largest absolute Gasteiger partial charge is 1.00 e. The van der Waals surface area contributed by atoms with Crippen LogP contribution in [0.4, 0.5) is 0 Å². The van der Waals surface area contributed by atoms with Gasteiger partial charge in [-0.15, -0.1) is 0 Å². The first-order valence-corrected chi connectivity index (χ1v) is 8.88. The van der Waals surface area contributed by atoms with Gasteiger partial charge in [0.1, 0.15) is 0 Å². The molecule has 0 unspecified atom stereocenters. The van der Waals surface area contributed by atoms with Crippen LogP contribution in [0.5, 0.6) is 0 Å². The Morgan fingerprint density at radius 3 is 2.24 bits per heavy atom. The van der Waals surface area contributed by atoms with E-state index in [4.69, 9.17) is 0 Å². The molecule has 0 aromatic heterocycles. The monoisotopic (exact) mass is 327 g/mol. The summed E-state index contributed by atoms with van der Waals surface area (Å²) in [5, 5.41) is 11.3. The maximum Gasteiger partial charge on any atom is 1.00 e. The van der Waals surface area contributed by atoms with Gasteiger partial charge >= 0.3 is 29.6 Å². The first kappa shape index (κ1) is 23.4. The number of carbonyl (C=O) groups is 1. The first-order valence-electron chi connectivity index (χ1n) is 7.34. The summed E-state index contributed by atoms with van der Waals surface area (Å²) >= 11 is 0. The Morgan fingerprint density at radius 2 is 1.67 bits per heavy atom. The summed E-state index contributed by atoms with van der Waals surface area (Å²) in [4.78, 5) is 10.1. The van der Waals surface area contributed by atoms with E-state index in [9.17, 15) is 18.3 Å². The van der Waals surface area contributed by atoms with Crippen molar-refractivity contribution in [3.05, 3.63) is 11.5 Å². The fraction of sp³-hybridized carbons (Fsp3) is 0.786. The topological polar surface area (TPSA) is 86.3 Å². The molecule has 0 bridgehead atoms. The molecular formula is C14H26NNaO4S. The SMILES string of the molecule is CCCCCCCCC/C=C/S(=O)(=O)NCCC(=O)[O-].[Na+]. The summed E-state index contributed by atoms with van der Waals surface area (Å²) < 4.78 is 25.0. The van der Waals surface area contributed by atoms with Gasteiger partial charge in [0.05, 0.1) is 0 Å². The Balaban J connectivity index is 0. The van der Waals surface area contributed by atoms with Crippen LogP contribution in [-0.2, 0) is 14.8 Å². The number of allylic oxidation sites excluding steroid dienone is 1. The molecule has 0 aliphatic carbocycles. The van der Waals surface area contributed by atoms with Crippen LogP contribution >= 0.6 is 0 Å². The van der Waals surface area contributed by atoms with Gasteiger partial charge in [0.25, 0.3) is 0 Å². The van der Waals surface area contributed by atoms with Crippen LogP contribution in [0.2, 0.25) is 0 Å². The van der Waals surface area contributed by atoms with Gasteiger partial charge in [0, 0.05) is 24.3 Å². The third-order valence-corrected chi connectivity index (χ3v) is 4.04. The maximum atomic E-state index is 11.4. The van der Waals surface area contributed by atoms with Crippen molar-refractivity contribution in [2.75, 3.05) is 6.54 Å². The third kappa shape index (κ3) is 18.1. The molecule has 0 fully saturated rings. The Bertz CT molecular complexity index is 382. The molecule has 0 atom stereocenters. The van der Waals surface area contributed by atoms with E-state index in [0.717, 1.165) is 24.7 Å². The molecule has 0 aliphatic rings. The van der Waals surface area contributed by atoms with E-state index in [-0.39, 0.29) is 42.5 Å². The molecule has 0 saturated carbocycles. The van der Waals surface area contributed by atoms with Crippen LogP contribution in [0.1, 0.15) is 64.7 Å². The van der Waals surface area contributed by atoms with E-state index < -0.39 is 16.0 Å². The van der Waals surface area contributed by atoms with Gasteiger partial charge in [0.15, 0.2) is 0 Å². The number of sulfonamides is 1. The number of carbonyl (C=O) groups excluding carboxylic acids is 1. The van der Waals surface area contributed by atoms with Crippen molar-refractivity contribution in [2.24, 2.45) is 0 Å². The Hall–Kier alpha value is 0.120. The number of hydrogen-bond donors (Lipinski definition) is 1. The van der Waals surface area contributed by atoms with Crippen molar-refractivity contribution in [1.29, 1.82) is 0 Å². The van der Waals surface area contributed by atoms with Gasteiger partial charge in [-0.3, -0.25) is 0 Å². The average molecular weight is 327 g/mol. The van der Waals surface area contributed by atoms with Gasteiger partial charge in [-0.25, -0.2) is 13.1 Å². The van der Waals surface area contributed by atoms with Crippen molar-refractivity contribution in [2.45, 2.75) is 64.7 Å². The van der Waals surface area contributed by atoms with E-state index in [1.54, 1.807) is 6.08 Å². The molecule has 0 aromatic rings. The molecule has 1 N–H and O–H groups in total. The predicted molar refractivity (Wildman–Crippen MR) is 78.3 cm³/mol. The minimum Gasteiger partial charge on any atom is -0.550 e. The molecule has 5 nitrogen and oxygen atoms in total. The zero-order valence-corrected chi connectivity index (χ0v) is 16.1. The Kier molecular flexibility index (Phi) is 16.7. The molecule has 0 saturated heterocycles. The molecule has 0 aliphatic heterocycles. The van der Waals surface area contributed by atoms with Crippen LogP contribution < -0.4 is 39.4 Å². The standard InChI is InChI=1S/C14H27NO4S.Na/c1-2-3-4-5-6-7-8-9-10-13-20(18,19)15-12-11-14(16)17;/h10,13,15H,2-9,11-12H2,1H3,(H,16,17);/q;+1/p-1/b13-10+;. The van der Waals surface area contributed by atoms with E-state index in [1.165, 1.54) is 32.1 Å². The zero-order chi connectivity index (χ0) is 15.3. The summed E-state index contributed by atoms with van der Waals surface area (Å²) in [7, 11) is -3.50.